The molecule has 0 radical (unpaired) electrons. The number of halogens is 2. The van der Waals surface area contributed by atoms with Gasteiger partial charge < -0.3 is 10.6 Å². The standard InChI is InChI=1S/C14H12BrFN2OS/c15-9-4-10(20-7-9)6-17-13-5-12-8(3-11(13)16)1-2-14(19)18-12/h3-5,7,17H,1-2,6H2,(H,18,19). The van der Waals surface area contributed by atoms with Crippen LogP contribution in [-0.2, 0) is 17.8 Å². The quantitative estimate of drug-likeness (QED) is 0.869. The molecule has 3 nitrogen and oxygen atoms in total. The van der Waals surface area contributed by atoms with E-state index in [9.17, 15) is 9.18 Å². The van der Waals surface area contributed by atoms with Gasteiger partial charge in [0.15, 0.2) is 0 Å². The highest BCUT2D eigenvalue weighted by atomic mass is 79.9. The molecule has 1 aromatic heterocycles. The van der Waals surface area contributed by atoms with Gasteiger partial charge in [0.2, 0.25) is 5.91 Å². The van der Waals surface area contributed by atoms with Gasteiger partial charge in [-0.3, -0.25) is 4.79 Å². The van der Waals surface area contributed by atoms with Crippen LogP contribution < -0.4 is 10.6 Å². The first-order valence-electron chi connectivity index (χ1n) is 6.21. The summed E-state index contributed by atoms with van der Waals surface area (Å²) in [5.74, 6) is -0.298. The first-order valence-corrected chi connectivity index (χ1v) is 7.88. The average Bonchev–Trinajstić information content (AvgIpc) is 2.83. The summed E-state index contributed by atoms with van der Waals surface area (Å²) in [6, 6.07) is 5.17. The molecule has 1 aromatic carbocycles. The molecule has 1 aliphatic rings. The molecule has 0 atom stereocenters. The van der Waals surface area contributed by atoms with Crippen molar-refractivity contribution in [1.29, 1.82) is 0 Å². The summed E-state index contributed by atoms with van der Waals surface area (Å²) in [5, 5.41) is 7.84. The lowest BCUT2D eigenvalue weighted by Gasteiger charge is -2.18. The Kier molecular flexibility index (Phi) is 3.76. The molecule has 0 unspecified atom stereocenters. The van der Waals surface area contributed by atoms with E-state index in [0.717, 1.165) is 14.9 Å². The molecule has 20 heavy (non-hydrogen) atoms. The number of thiophene rings is 1. The molecule has 2 N–H and O–H groups in total. The molecule has 1 aliphatic heterocycles. The maximum atomic E-state index is 14.0. The molecule has 0 aliphatic carbocycles. The number of carbonyl (C=O) groups is 1. The topological polar surface area (TPSA) is 41.1 Å². The molecule has 0 saturated carbocycles. The number of hydrogen-bond donors (Lipinski definition) is 2. The van der Waals surface area contributed by atoms with E-state index in [1.807, 2.05) is 11.4 Å². The number of rotatable bonds is 3. The van der Waals surface area contributed by atoms with Crippen molar-refractivity contribution >= 4 is 44.5 Å². The normalized spacial score (nSPS) is 13.8. The van der Waals surface area contributed by atoms with Gasteiger partial charge in [-0.1, -0.05) is 0 Å². The van der Waals surface area contributed by atoms with Crippen LogP contribution in [0.5, 0.6) is 0 Å². The number of fused-ring (bicyclic) bond motifs is 1. The predicted octanol–water partition coefficient (Wildman–Crippen LogP) is 4.15. The zero-order valence-corrected chi connectivity index (χ0v) is 12.9. The highest BCUT2D eigenvalue weighted by molar-refractivity contribution is 9.10. The Balaban J connectivity index is 1.79. The van der Waals surface area contributed by atoms with Gasteiger partial charge in [0.25, 0.3) is 0 Å². The van der Waals surface area contributed by atoms with Crippen molar-refractivity contribution in [3.63, 3.8) is 0 Å². The second kappa shape index (κ2) is 5.54. The molecular formula is C14H12BrFN2OS. The molecule has 2 aromatic rings. The fourth-order valence-electron chi connectivity index (χ4n) is 2.16. The number of aryl methyl sites for hydroxylation is 1. The van der Waals surface area contributed by atoms with E-state index < -0.39 is 0 Å². The van der Waals surface area contributed by atoms with E-state index in [1.165, 1.54) is 6.07 Å². The lowest BCUT2D eigenvalue weighted by atomic mass is 10.0. The number of carbonyl (C=O) groups excluding carboxylic acids is 1. The van der Waals surface area contributed by atoms with Crippen LogP contribution >= 0.6 is 27.3 Å². The first kappa shape index (κ1) is 13.6. The van der Waals surface area contributed by atoms with Crippen LogP contribution in [0.1, 0.15) is 16.9 Å². The summed E-state index contributed by atoms with van der Waals surface area (Å²) >= 11 is 4.99. The molecule has 0 fully saturated rings. The zero-order chi connectivity index (χ0) is 14.1. The Bertz CT molecular complexity index is 671. The Morgan fingerprint density at radius 1 is 1.35 bits per heavy atom. The molecule has 3 rings (SSSR count). The Hall–Kier alpha value is -1.40. The summed E-state index contributed by atoms with van der Waals surface area (Å²) in [6.45, 7) is 0.555. The van der Waals surface area contributed by atoms with Gasteiger partial charge in [-0.2, -0.15) is 0 Å². The smallest absolute Gasteiger partial charge is 0.224 e. The molecule has 104 valence electrons. The van der Waals surface area contributed by atoms with Crippen LogP contribution in [0.25, 0.3) is 0 Å². The van der Waals surface area contributed by atoms with E-state index in [4.69, 9.17) is 0 Å². The van der Waals surface area contributed by atoms with Crippen molar-refractivity contribution in [3.8, 4) is 0 Å². The minimum Gasteiger partial charge on any atom is -0.378 e. The Morgan fingerprint density at radius 3 is 2.95 bits per heavy atom. The zero-order valence-electron chi connectivity index (χ0n) is 10.5. The highest BCUT2D eigenvalue weighted by Crippen LogP contribution is 2.29. The molecular weight excluding hydrogens is 343 g/mol. The van der Waals surface area contributed by atoms with Crippen molar-refractivity contribution in [2.75, 3.05) is 10.6 Å². The fraction of sp³-hybridized carbons (Fsp3) is 0.214. The number of nitrogens with one attached hydrogen (secondary N) is 2. The van der Waals surface area contributed by atoms with Gasteiger partial charge in [0, 0.05) is 33.4 Å². The highest BCUT2D eigenvalue weighted by Gasteiger charge is 2.17. The number of amides is 1. The maximum absolute atomic E-state index is 14.0. The molecule has 0 saturated heterocycles. The number of benzene rings is 1. The monoisotopic (exact) mass is 354 g/mol. The van der Waals surface area contributed by atoms with Crippen LogP contribution in [0, 0.1) is 5.82 Å². The van der Waals surface area contributed by atoms with Gasteiger partial charge >= 0.3 is 0 Å². The van der Waals surface area contributed by atoms with E-state index in [0.29, 0.717) is 30.8 Å². The molecule has 2 heterocycles. The molecule has 1 amide bonds. The summed E-state index contributed by atoms with van der Waals surface area (Å²) in [7, 11) is 0. The third-order valence-corrected chi connectivity index (χ3v) is 4.86. The number of hydrogen-bond acceptors (Lipinski definition) is 3. The average molecular weight is 355 g/mol. The first-order chi connectivity index (χ1) is 9.61. The third kappa shape index (κ3) is 2.86. The van der Waals surface area contributed by atoms with E-state index in [2.05, 4.69) is 26.6 Å². The molecule has 0 bridgehead atoms. The fourth-order valence-corrected chi connectivity index (χ4v) is 3.55. The third-order valence-electron chi connectivity index (χ3n) is 3.16. The van der Waals surface area contributed by atoms with Gasteiger partial charge in [-0.25, -0.2) is 4.39 Å². The summed E-state index contributed by atoms with van der Waals surface area (Å²) in [4.78, 5) is 12.5. The van der Waals surface area contributed by atoms with Crippen molar-refractivity contribution in [1.82, 2.24) is 0 Å². The predicted molar refractivity (Wildman–Crippen MR) is 82.7 cm³/mol. The summed E-state index contributed by atoms with van der Waals surface area (Å²) < 4.78 is 15.0. The van der Waals surface area contributed by atoms with Crippen molar-refractivity contribution in [2.24, 2.45) is 0 Å². The van der Waals surface area contributed by atoms with Crippen LogP contribution in [0.15, 0.2) is 28.1 Å². The second-order valence-corrected chi connectivity index (χ2v) is 6.53. The van der Waals surface area contributed by atoms with Gasteiger partial charge in [0.1, 0.15) is 5.82 Å². The lowest BCUT2D eigenvalue weighted by Crippen LogP contribution is -2.19. The van der Waals surface area contributed by atoms with E-state index in [1.54, 1.807) is 17.4 Å². The van der Waals surface area contributed by atoms with E-state index >= 15 is 0 Å². The van der Waals surface area contributed by atoms with Gasteiger partial charge in [-0.05, 0) is 46.1 Å². The largest absolute Gasteiger partial charge is 0.378 e. The maximum Gasteiger partial charge on any atom is 0.224 e. The molecule has 6 heteroatoms. The van der Waals surface area contributed by atoms with Crippen LogP contribution in [0.4, 0.5) is 15.8 Å². The molecule has 0 spiro atoms. The Morgan fingerprint density at radius 2 is 2.20 bits per heavy atom. The summed E-state index contributed by atoms with van der Waals surface area (Å²) in [5.41, 5.74) is 1.97. The van der Waals surface area contributed by atoms with Crippen molar-refractivity contribution in [2.45, 2.75) is 19.4 Å². The number of anilines is 2. The lowest BCUT2D eigenvalue weighted by molar-refractivity contribution is -0.116. The van der Waals surface area contributed by atoms with Crippen molar-refractivity contribution in [3.05, 3.63) is 44.3 Å². The van der Waals surface area contributed by atoms with Crippen molar-refractivity contribution < 1.29 is 9.18 Å². The van der Waals surface area contributed by atoms with Gasteiger partial charge in [-0.15, -0.1) is 11.3 Å². The Labute approximate surface area is 128 Å². The van der Waals surface area contributed by atoms with Crippen LogP contribution in [0.3, 0.4) is 0 Å². The van der Waals surface area contributed by atoms with E-state index in [-0.39, 0.29) is 11.7 Å². The SMILES string of the molecule is O=C1CCc2cc(F)c(NCc3cc(Br)cs3)cc2N1. The van der Waals surface area contributed by atoms with Crippen LogP contribution in [0.2, 0.25) is 0 Å². The van der Waals surface area contributed by atoms with Crippen LogP contribution in [-0.4, -0.2) is 5.91 Å². The summed E-state index contributed by atoms with van der Waals surface area (Å²) in [6.07, 6.45) is 1.01. The minimum absolute atomic E-state index is 0.0164. The van der Waals surface area contributed by atoms with Gasteiger partial charge in [0.05, 0.1) is 5.69 Å². The minimum atomic E-state index is -0.282. The second-order valence-electron chi connectivity index (χ2n) is 4.62.